The molecule has 0 amide bonds. The summed E-state index contributed by atoms with van der Waals surface area (Å²) in [6.45, 7) is 0. The number of Topliss-reactive ketones (excluding diaryl/α,β-unsaturated/α-hetero) is 1. The van der Waals surface area contributed by atoms with E-state index in [9.17, 15) is 14.7 Å². The molecule has 1 aromatic heterocycles. The average molecular weight is 543 g/mol. The fraction of sp³-hybridized carbons (Fsp3) is 0.185. The minimum atomic E-state index is -1.51. The Balaban J connectivity index is 0.00000400. The second kappa shape index (κ2) is 12.9. The van der Waals surface area contributed by atoms with Gasteiger partial charge in [-0.15, -0.1) is 0 Å². The van der Waals surface area contributed by atoms with Crippen molar-refractivity contribution in [1.82, 2.24) is 8.75 Å². The summed E-state index contributed by atoms with van der Waals surface area (Å²) in [4.78, 5) is 26.6. The van der Waals surface area contributed by atoms with Gasteiger partial charge in [0, 0.05) is 23.1 Å². The molecule has 1 heterocycles. The number of ketones is 1. The fourth-order valence-electron chi connectivity index (χ4n) is 4.06. The van der Waals surface area contributed by atoms with Crippen molar-refractivity contribution in [2.75, 3.05) is 28.4 Å². The Labute approximate surface area is 245 Å². The van der Waals surface area contributed by atoms with Crippen LogP contribution in [-0.4, -0.2) is 48.9 Å². The Bertz CT molecular complexity index is 1490. The average Bonchev–Trinajstić information content (AvgIpc) is 3.39. The van der Waals surface area contributed by atoms with E-state index in [4.69, 9.17) is 18.9 Å². The minimum absolute atomic E-state index is 0. The summed E-state index contributed by atoms with van der Waals surface area (Å²) in [5.41, 5.74) is 1.89. The van der Waals surface area contributed by atoms with E-state index in [1.54, 1.807) is 42.5 Å². The Morgan fingerprint density at radius 2 is 1.42 bits per heavy atom. The van der Waals surface area contributed by atoms with E-state index >= 15 is 0 Å². The Kier molecular flexibility index (Phi) is 9.87. The van der Waals surface area contributed by atoms with Crippen LogP contribution >= 0.6 is 11.7 Å². The van der Waals surface area contributed by atoms with Crippen molar-refractivity contribution >= 4 is 40.1 Å². The van der Waals surface area contributed by atoms with Crippen LogP contribution in [0.4, 0.5) is 0 Å². The zero-order valence-corrected chi connectivity index (χ0v) is 24.4. The van der Waals surface area contributed by atoms with Gasteiger partial charge >= 0.3 is 29.6 Å². The number of fused-ring (bicyclic) bond motifs is 1. The number of nitrogens with zero attached hydrogens (tertiary/aromatic N) is 2. The molecule has 9 nitrogen and oxygen atoms in total. The van der Waals surface area contributed by atoms with Crippen LogP contribution in [0.3, 0.4) is 0 Å². The number of ether oxygens (including phenoxy) is 4. The number of carboxylic acids is 1. The molecule has 38 heavy (non-hydrogen) atoms. The van der Waals surface area contributed by atoms with Crippen LogP contribution in [0.25, 0.3) is 16.6 Å². The summed E-state index contributed by atoms with van der Waals surface area (Å²) < 4.78 is 30.0. The van der Waals surface area contributed by atoms with Gasteiger partial charge in [-0.25, -0.2) is 0 Å². The maximum atomic E-state index is 14.0. The van der Waals surface area contributed by atoms with Crippen LogP contribution in [0.1, 0.15) is 21.5 Å². The van der Waals surface area contributed by atoms with E-state index in [0.717, 1.165) is 11.7 Å². The molecule has 11 heteroatoms. The van der Waals surface area contributed by atoms with E-state index in [0.29, 0.717) is 28.1 Å². The third kappa shape index (κ3) is 5.83. The van der Waals surface area contributed by atoms with E-state index < -0.39 is 11.8 Å². The summed E-state index contributed by atoms with van der Waals surface area (Å²) >= 11 is 1.01. The molecule has 0 atom stereocenters. The number of methoxy groups -OCH3 is 4. The SMILES string of the molecule is COc1ccccc1C/C(C(=O)c1cc(OC)c(OC)c(OC)c1)=C(\C(=O)[O-])c1ccc2nsnc2c1.[Na+]. The number of allylic oxidation sites excluding steroid dienone is 1. The molecule has 0 aliphatic carbocycles. The monoisotopic (exact) mass is 542 g/mol. The quantitative estimate of drug-likeness (QED) is 0.159. The molecule has 0 spiro atoms. The molecule has 0 saturated heterocycles. The van der Waals surface area contributed by atoms with Gasteiger partial charge in [-0.3, -0.25) is 4.79 Å². The van der Waals surface area contributed by atoms with Gasteiger partial charge in [0.2, 0.25) is 5.75 Å². The molecule has 4 aromatic rings. The minimum Gasteiger partial charge on any atom is -0.545 e. The predicted molar refractivity (Wildman–Crippen MR) is 136 cm³/mol. The molecule has 0 saturated carbocycles. The summed E-state index contributed by atoms with van der Waals surface area (Å²) in [7, 11) is 5.82. The van der Waals surface area contributed by atoms with Gasteiger partial charge in [-0.2, -0.15) is 8.75 Å². The van der Waals surface area contributed by atoms with Crippen molar-refractivity contribution in [2.24, 2.45) is 0 Å². The van der Waals surface area contributed by atoms with Crippen LogP contribution in [0.5, 0.6) is 23.0 Å². The number of rotatable bonds is 10. The van der Waals surface area contributed by atoms with Gasteiger partial charge in [-0.1, -0.05) is 24.3 Å². The third-order valence-electron chi connectivity index (χ3n) is 5.81. The number of hydrogen-bond acceptors (Lipinski definition) is 10. The van der Waals surface area contributed by atoms with Crippen molar-refractivity contribution in [1.29, 1.82) is 0 Å². The van der Waals surface area contributed by atoms with Crippen LogP contribution < -0.4 is 53.6 Å². The number of aromatic nitrogens is 2. The molecule has 0 radical (unpaired) electrons. The summed E-state index contributed by atoms with van der Waals surface area (Å²) in [5, 5.41) is 12.6. The number of hydrogen-bond donors (Lipinski definition) is 0. The van der Waals surface area contributed by atoms with E-state index in [1.165, 1.54) is 40.6 Å². The summed E-state index contributed by atoms with van der Waals surface area (Å²) in [6.07, 6.45) is -0.0455. The van der Waals surface area contributed by atoms with Gasteiger partial charge in [0.05, 0.1) is 46.1 Å². The Morgan fingerprint density at radius 1 is 0.789 bits per heavy atom. The largest absolute Gasteiger partial charge is 1.00 e. The first-order valence-electron chi connectivity index (χ1n) is 11.1. The van der Waals surface area contributed by atoms with Crippen molar-refractivity contribution in [3.8, 4) is 23.0 Å². The zero-order valence-electron chi connectivity index (χ0n) is 21.6. The number of benzene rings is 3. The molecule has 4 rings (SSSR count). The van der Waals surface area contributed by atoms with Crippen molar-refractivity contribution in [3.63, 3.8) is 0 Å². The first-order valence-corrected chi connectivity index (χ1v) is 11.8. The smallest absolute Gasteiger partial charge is 0.545 e. The number of para-hydroxylation sites is 1. The molecule has 0 bridgehead atoms. The number of carboxylic acid groups (broad SMARTS) is 1. The molecular weight excluding hydrogens is 519 g/mol. The topological polar surface area (TPSA) is 120 Å². The molecule has 0 aliphatic rings. The molecule has 3 aromatic carbocycles. The first-order chi connectivity index (χ1) is 17.9. The molecule has 0 unspecified atom stereocenters. The second-order valence-corrected chi connectivity index (χ2v) is 8.37. The van der Waals surface area contributed by atoms with Crippen LogP contribution in [0.2, 0.25) is 0 Å². The van der Waals surface area contributed by atoms with Gasteiger partial charge < -0.3 is 28.8 Å². The molecule has 0 N–H and O–H groups in total. The van der Waals surface area contributed by atoms with Gasteiger partial charge in [0.1, 0.15) is 16.8 Å². The first kappa shape index (κ1) is 29.1. The number of carbonyl (C=O) groups excluding carboxylic acids is 2. The maximum absolute atomic E-state index is 14.0. The van der Waals surface area contributed by atoms with Gasteiger partial charge in [0.15, 0.2) is 17.3 Å². The summed E-state index contributed by atoms with van der Waals surface area (Å²) in [6, 6.07) is 14.8. The fourth-order valence-corrected chi connectivity index (χ4v) is 4.58. The van der Waals surface area contributed by atoms with Crippen molar-refractivity contribution in [3.05, 3.63) is 76.9 Å². The summed E-state index contributed by atoms with van der Waals surface area (Å²) in [5.74, 6) is -0.735. The van der Waals surface area contributed by atoms with Crippen LogP contribution in [-0.2, 0) is 11.2 Å². The number of aliphatic carboxylic acids is 1. The predicted octanol–water partition coefficient (Wildman–Crippen LogP) is 0.359. The molecular formula is C27H23N2NaO7S. The van der Waals surface area contributed by atoms with Crippen molar-refractivity contribution < 1.29 is 63.2 Å². The second-order valence-electron chi connectivity index (χ2n) is 7.84. The van der Waals surface area contributed by atoms with Crippen molar-refractivity contribution in [2.45, 2.75) is 6.42 Å². The maximum Gasteiger partial charge on any atom is 1.00 e. The standard InChI is InChI=1S/C27H24N2O7S.Na/c1-33-21-8-6-5-7-15(21)11-18(24(27(31)32)16-9-10-19-20(12-16)29-37-28-19)25(30)17-13-22(34-2)26(36-4)23(14-17)35-3;/h5-10,12-14H,11H2,1-4H3,(H,31,32);/q;+1/p-1/b24-18+;. The van der Waals surface area contributed by atoms with Gasteiger partial charge in [-0.05, 0) is 41.5 Å². The van der Waals surface area contributed by atoms with Crippen LogP contribution in [0.15, 0.2) is 60.2 Å². The Hall–Kier alpha value is -3.44. The van der Waals surface area contributed by atoms with Gasteiger partial charge in [0.25, 0.3) is 0 Å². The van der Waals surface area contributed by atoms with E-state index in [1.807, 2.05) is 0 Å². The molecule has 0 fully saturated rings. The Morgan fingerprint density at radius 3 is 2.03 bits per heavy atom. The number of carbonyl (C=O) groups is 2. The third-order valence-corrected chi connectivity index (χ3v) is 6.37. The zero-order chi connectivity index (χ0) is 26.5. The van der Waals surface area contributed by atoms with E-state index in [2.05, 4.69) is 8.75 Å². The normalized spacial score (nSPS) is 11.3. The van der Waals surface area contributed by atoms with E-state index in [-0.39, 0.29) is 69.8 Å². The molecule has 0 aliphatic heterocycles. The van der Waals surface area contributed by atoms with Crippen LogP contribution in [0, 0.1) is 0 Å². The molecule has 190 valence electrons.